The highest BCUT2D eigenvalue weighted by Gasteiger charge is 2.29. The van der Waals surface area contributed by atoms with Gasteiger partial charge in [-0.25, -0.2) is 18.2 Å². The summed E-state index contributed by atoms with van der Waals surface area (Å²) in [4.78, 5) is 16.4. The molecule has 1 aliphatic heterocycles. The molecule has 8 nitrogen and oxygen atoms in total. The van der Waals surface area contributed by atoms with Crippen molar-refractivity contribution in [2.45, 2.75) is 44.2 Å². The van der Waals surface area contributed by atoms with E-state index in [1.54, 1.807) is 31.2 Å². The van der Waals surface area contributed by atoms with Crippen LogP contribution in [0.25, 0.3) is 0 Å². The number of sulfonamides is 1. The predicted molar refractivity (Wildman–Crippen MR) is 99.6 cm³/mol. The molecule has 2 amide bonds. The molecule has 1 aromatic heterocycles. The Morgan fingerprint density at radius 1 is 1.22 bits per heavy atom. The fraction of sp³-hybridized carbons (Fsp3) is 0.444. The molecule has 1 aromatic carbocycles. The van der Waals surface area contributed by atoms with Crippen molar-refractivity contribution in [3.8, 4) is 0 Å². The van der Waals surface area contributed by atoms with Gasteiger partial charge in [0.15, 0.2) is 6.39 Å². The largest absolute Gasteiger partial charge is 0.448 e. The Hall–Kier alpha value is -2.39. The van der Waals surface area contributed by atoms with Gasteiger partial charge in [-0.1, -0.05) is 17.7 Å². The van der Waals surface area contributed by atoms with E-state index in [2.05, 4.69) is 15.6 Å². The molecule has 27 heavy (non-hydrogen) atoms. The first kappa shape index (κ1) is 19.4. The Balaban J connectivity index is 1.49. The maximum atomic E-state index is 12.7. The smallest absolute Gasteiger partial charge is 0.315 e. The van der Waals surface area contributed by atoms with Crippen molar-refractivity contribution >= 4 is 16.1 Å². The van der Waals surface area contributed by atoms with Crippen LogP contribution in [0.5, 0.6) is 0 Å². The number of rotatable bonds is 5. The summed E-state index contributed by atoms with van der Waals surface area (Å²) < 4.78 is 32.0. The molecule has 3 rings (SSSR count). The van der Waals surface area contributed by atoms with Crippen LogP contribution in [0.1, 0.15) is 29.9 Å². The third-order valence-electron chi connectivity index (χ3n) is 4.71. The number of carbonyl (C=O) groups is 1. The van der Waals surface area contributed by atoms with Gasteiger partial charge in [-0.15, -0.1) is 0 Å². The van der Waals surface area contributed by atoms with Crippen molar-refractivity contribution in [3.05, 3.63) is 47.7 Å². The fourth-order valence-electron chi connectivity index (χ4n) is 3.00. The van der Waals surface area contributed by atoms with Crippen LogP contribution in [0.15, 0.2) is 40.0 Å². The van der Waals surface area contributed by atoms with E-state index in [-0.39, 0.29) is 18.6 Å². The number of benzene rings is 1. The molecule has 0 radical (unpaired) electrons. The van der Waals surface area contributed by atoms with Gasteiger partial charge in [0.05, 0.1) is 11.4 Å². The van der Waals surface area contributed by atoms with Gasteiger partial charge in [0.2, 0.25) is 10.0 Å². The summed E-state index contributed by atoms with van der Waals surface area (Å²) in [6.07, 6.45) is 2.48. The van der Waals surface area contributed by atoms with Crippen molar-refractivity contribution in [1.29, 1.82) is 0 Å². The highest BCUT2D eigenvalue weighted by Crippen LogP contribution is 2.21. The van der Waals surface area contributed by atoms with Gasteiger partial charge >= 0.3 is 6.03 Å². The number of carbonyl (C=O) groups excluding carboxylic acids is 1. The highest BCUT2D eigenvalue weighted by atomic mass is 32.2. The topological polar surface area (TPSA) is 105 Å². The molecule has 1 fully saturated rings. The second-order valence-corrected chi connectivity index (χ2v) is 8.61. The summed E-state index contributed by atoms with van der Waals surface area (Å²) >= 11 is 0. The van der Waals surface area contributed by atoms with Gasteiger partial charge in [-0.2, -0.15) is 4.31 Å². The molecule has 0 spiro atoms. The molecule has 0 saturated carbocycles. The molecule has 9 heteroatoms. The normalized spacial score (nSPS) is 16.2. The number of amides is 2. The number of nitrogens with zero attached hydrogens (tertiary/aromatic N) is 2. The van der Waals surface area contributed by atoms with E-state index in [4.69, 9.17) is 4.42 Å². The summed E-state index contributed by atoms with van der Waals surface area (Å²) in [7, 11) is -3.49. The fourth-order valence-corrected chi connectivity index (χ4v) is 4.47. The summed E-state index contributed by atoms with van der Waals surface area (Å²) in [6.45, 7) is 4.75. The monoisotopic (exact) mass is 392 g/mol. The van der Waals surface area contributed by atoms with Crippen LogP contribution in [0, 0.1) is 13.8 Å². The first-order chi connectivity index (χ1) is 12.9. The van der Waals surface area contributed by atoms with Crippen LogP contribution in [0.3, 0.4) is 0 Å². The molecule has 0 unspecified atom stereocenters. The average molecular weight is 392 g/mol. The second kappa shape index (κ2) is 8.10. The minimum Gasteiger partial charge on any atom is -0.448 e. The summed E-state index contributed by atoms with van der Waals surface area (Å²) in [6, 6.07) is 6.50. The number of hydrogen-bond donors (Lipinski definition) is 2. The van der Waals surface area contributed by atoms with E-state index in [1.165, 1.54) is 10.7 Å². The lowest BCUT2D eigenvalue weighted by Crippen LogP contribution is -2.48. The molecule has 0 bridgehead atoms. The number of urea groups is 1. The summed E-state index contributed by atoms with van der Waals surface area (Å²) in [5.74, 6) is 0.671. The molecule has 0 aliphatic carbocycles. The first-order valence-corrected chi connectivity index (χ1v) is 10.3. The zero-order valence-corrected chi connectivity index (χ0v) is 16.3. The summed E-state index contributed by atoms with van der Waals surface area (Å²) in [5, 5.41) is 5.63. The highest BCUT2D eigenvalue weighted by molar-refractivity contribution is 7.89. The van der Waals surface area contributed by atoms with Crippen LogP contribution in [0.4, 0.5) is 4.79 Å². The van der Waals surface area contributed by atoms with Crippen LogP contribution in [-0.2, 0) is 16.6 Å². The Morgan fingerprint density at radius 2 is 1.89 bits per heavy atom. The molecule has 2 N–H and O–H groups in total. The minimum atomic E-state index is -3.49. The Labute approximate surface area is 159 Å². The Kier molecular flexibility index (Phi) is 5.81. The quantitative estimate of drug-likeness (QED) is 0.809. The third-order valence-corrected chi connectivity index (χ3v) is 6.62. The van der Waals surface area contributed by atoms with Crippen molar-refractivity contribution in [2.24, 2.45) is 0 Å². The van der Waals surface area contributed by atoms with E-state index < -0.39 is 10.0 Å². The molecule has 146 valence electrons. The van der Waals surface area contributed by atoms with E-state index in [9.17, 15) is 13.2 Å². The number of nitrogens with one attached hydrogen (secondary N) is 2. The van der Waals surface area contributed by atoms with Gasteiger partial charge in [-0.05, 0) is 38.8 Å². The number of aryl methyl sites for hydroxylation is 2. The molecule has 2 heterocycles. The zero-order valence-electron chi connectivity index (χ0n) is 15.4. The Morgan fingerprint density at radius 3 is 2.48 bits per heavy atom. The lowest BCUT2D eigenvalue weighted by atomic mass is 10.1. The molecule has 2 aromatic rings. The average Bonchev–Trinajstić information content (AvgIpc) is 3.06. The maximum Gasteiger partial charge on any atom is 0.315 e. The molecule has 0 atom stereocenters. The van der Waals surface area contributed by atoms with Gasteiger partial charge < -0.3 is 15.1 Å². The first-order valence-electron chi connectivity index (χ1n) is 8.86. The van der Waals surface area contributed by atoms with E-state index in [0.717, 1.165) is 5.56 Å². The third kappa shape index (κ3) is 4.67. The lowest BCUT2D eigenvalue weighted by molar-refractivity contribution is 0.227. The lowest BCUT2D eigenvalue weighted by Gasteiger charge is -2.31. The molecular weight excluding hydrogens is 368 g/mol. The van der Waals surface area contributed by atoms with Crippen LogP contribution >= 0.6 is 0 Å². The zero-order chi connectivity index (χ0) is 19.4. The van der Waals surface area contributed by atoms with Gasteiger partial charge in [0.1, 0.15) is 11.5 Å². The molecule has 1 aliphatic rings. The van der Waals surface area contributed by atoms with E-state index in [1.807, 2.05) is 6.92 Å². The molecular formula is C18H24N4O4S. The number of aromatic nitrogens is 1. The van der Waals surface area contributed by atoms with Crippen molar-refractivity contribution < 1.29 is 17.6 Å². The number of piperidine rings is 1. The maximum absolute atomic E-state index is 12.7. The number of oxazole rings is 1. The van der Waals surface area contributed by atoms with Crippen molar-refractivity contribution in [3.63, 3.8) is 0 Å². The van der Waals surface area contributed by atoms with Crippen molar-refractivity contribution in [1.82, 2.24) is 19.9 Å². The van der Waals surface area contributed by atoms with Gasteiger partial charge in [0, 0.05) is 19.1 Å². The van der Waals surface area contributed by atoms with Crippen LogP contribution in [-0.4, -0.2) is 42.9 Å². The summed E-state index contributed by atoms with van der Waals surface area (Å²) in [5.41, 5.74) is 1.70. The Bertz CT molecular complexity index is 884. The second-order valence-electron chi connectivity index (χ2n) is 6.67. The SMILES string of the molecule is Cc1ccc(S(=O)(=O)N2CCC(NC(=O)NCc3ncoc3C)CC2)cc1. The number of hydrogen-bond acceptors (Lipinski definition) is 5. The minimum absolute atomic E-state index is 0.0622. The van der Waals surface area contributed by atoms with E-state index in [0.29, 0.717) is 42.3 Å². The molecule has 1 saturated heterocycles. The van der Waals surface area contributed by atoms with Crippen molar-refractivity contribution in [2.75, 3.05) is 13.1 Å². The van der Waals surface area contributed by atoms with E-state index >= 15 is 0 Å². The van der Waals surface area contributed by atoms with Gasteiger partial charge in [0.25, 0.3) is 0 Å². The van der Waals surface area contributed by atoms with Crippen LogP contribution in [0.2, 0.25) is 0 Å². The predicted octanol–water partition coefficient (Wildman–Crippen LogP) is 1.94. The van der Waals surface area contributed by atoms with Gasteiger partial charge in [-0.3, -0.25) is 0 Å². The van der Waals surface area contributed by atoms with Crippen LogP contribution < -0.4 is 10.6 Å². The standard InChI is InChI=1S/C18H24N4O4S/c1-13-3-5-16(6-4-13)27(24,25)22-9-7-15(8-10-22)21-18(23)19-11-17-14(2)26-12-20-17/h3-6,12,15H,7-11H2,1-2H3,(H2,19,21,23).